The third-order valence-electron chi connectivity index (χ3n) is 14.3. The van der Waals surface area contributed by atoms with E-state index in [4.69, 9.17) is 4.74 Å². The van der Waals surface area contributed by atoms with Crippen LogP contribution in [0.15, 0.2) is 11.6 Å². The van der Waals surface area contributed by atoms with E-state index in [0.29, 0.717) is 12.8 Å². The monoisotopic (exact) mass is 568 g/mol. The summed E-state index contributed by atoms with van der Waals surface area (Å²) in [5.74, 6) is -0.590. The Labute approximate surface area is 246 Å². The normalized spacial score (nSPS) is 46.6. The number of carboxylic acid groups (broad SMARTS) is 1. The van der Waals surface area contributed by atoms with Gasteiger partial charge in [0.25, 0.3) is 0 Å². The molecule has 0 aromatic heterocycles. The van der Waals surface area contributed by atoms with E-state index in [1.54, 1.807) is 0 Å². The molecule has 5 rings (SSSR count). The van der Waals surface area contributed by atoms with Crippen LogP contribution in [0.5, 0.6) is 0 Å². The van der Waals surface area contributed by atoms with Crippen LogP contribution in [0.3, 0.4) is 0 Å². The van der Waals surface area contributed by atoms with E-state index in [0.717, 1.165) is 44.9 Å². The largest absolute Gasteiger partial charge is 0.481 e. The Balaban J connectivity index is 1.50. The van der Waals surface area contributed by atoms with Crippen molar-refractivity contribution in [2.75, 3.05) is 7.11 Å². The van der Waals surface area contributed by atoms with Crippen LogP contribution in [0.1, 0.15) is 119 Å². The fraction of sp³-hybridized carbons (Fsp3) is 0.829. The molecule has 0 heterocycles. The molecule has 9 atom stereocenters. The number of allylic oxidation sites excluding steroid dienone is 2. The van der Waals surface area contributed by atoms with Crippen LogP contribution in [0, 0.1) is 56.2 Å². The van der Waals surface area contributed by atoms with Gasteiger partial charge >= 0.3 is 11.9 Å². The Kier molecular flexibility index (Phi) is 7.07. The fourth-order valence-electron chi connectivity index (χ4n) is 11.5. The predicted molar refractivity (Wildman–Crippen MR) is 157 cm³/mol. The van der Waals surface area contributed by atoms with Gasteiger partial charge in [0.2, 0.25) is 0 Å². The summed E-state index contributed by atoms with van der Waals surface area (Å²) < 4.78 is 4.78. The standard InChI is InChI=1S/C35H52O6/c1-30(2)21(24(36)9-10-27(38)41-8)11-13-33(5)26(30)12-14-35(7)28(33)25(37)19-22-23-20-32(4,29(39)40)16-15-31(23,3)17-18-34(22,35)6/h19,21,23,26,28H,9-18,20H2,1-8H3,(H,39,40)/t21-,23+,26+,28-,31-,32+,33+,34-,35-/m1/s1. The van der Waals surface area contributed by atoms with E-state index in [-0.39, 0.29) is 81.1 Å². The number of fused-ring (bicyclic) bond motifs is 7. The minimum Gasteiger partial charge on any atom is -0.481 e. The number of carbonyl (C=O) groups excluding carboxylic acids is 3. The molecular weight excluding hydrogens is 516 g/mol. The molecule has 5 aliphatic carbocycles. The van der Waals surface area contributed by atoms with Gasteiger partial charge in [-0.2, -0.15) is 0 Å². The second-order valence-corrected chi connectivity index (χ2v) is 16.5. The van der Waals surface area contributed by atoms with Crippen molar-refractivity contribution in [3.63, 3.8) is 0 Å². The molecule has 6 heteroatoms. The van der Waals surface area contributed by atoms with E-state index in [9.17, 15) is 24.3 Å². The second-order valence-electron chi connectivity index (χ2n) is 16.5. The molecule has 6 nitrogen and oxygen atoms in total. The highest BCUT2D eigenvalue weighted by Gasteiger charge is 2.70. The molecule has 0 aromatic rings. The average molecular weight is 569 g/mol. The number of ketones is 2. The molecule has 1 N–H and O–H groups in total. The highest BCUT2D eigenvalue weighted by molar-refractivity contribution is 5.96. The van der Waals surface area contributed by atoms with Crippen molar-refractivity contribution in [2.24, 2.45) is 56.2 Å². The molecule has 0 radical (unpaired) electrons. The summed E-state index contributed by atoms with van der Waals surface area (Å²) in [4.78, 5) is 52.0. The van der Waals surface area contributed by atoms with Crippen molar-refractivity contribution < 1.29 is 29.0 Å². The summed E-state index contributed by atoms with van der Waals surface area (Å²) in [5, 5.41) is 10.1. The maximum atomic E-state index is 14.5. The molecule has 0 spiro atoms. The van der Waals surface area contributed by atoms with Gasteiger partial charge in [0, 0.05) is 18.3 Å². The van der Waals surface area contributed by atoms with Crippen molar-refractivity contribution in [3.8, 4) is 0 Å². The molecule has 0 aromatic carbocycles. The lowest BCUT2D eigenvalue weighted by Crippen LogP contribution is -2.66. The molecule has 228 valence electrons. The molecule has 5 aliphatic rings. The van der Waals surface area contributed by atoms with Crippen LogP contribution in [-0.4, -0.2) is 35.7 Å². The van der Waals surface area contributed by atoms with Gasteiger partial charge in [-0.25, -0.2) is 0 Å². The van der Waals surface area contributed by atoms with Gasteiger partial charge in [-0.3, -0.25) is 19.2 Å². The summed E-state index contributed by atoms with van der Waals surface area (Å²) in [7, 11) is 1.36. The van der Waals surface area contributed by atoms with Crippen molar-refractivity contribution in [2.45, 2.75) is 119 Å². The van der Waals surface area contributed by atoms with Crippen LogP contribution in [0.2, 0.25) is 0 Å². The number of Topliss-reactive ketones (excluding diaryl/α,β-unsaturated/α-hetero) is 1. The van der Waals surface area contributed by atoms with E-state index < -0.39 is 11.4 Å². The zero-order chi connectivity index (χ0) is 30.4. The van der Waals surface area contributed by atoms with Gasteiger partial charge in [0.05, 0.1) is 18.9 Å². The predicted octanol–water partition coefficient (Wildman–Crippen LogP) is 7.19. The van der Waals surface area contributed by atoms with Crippen molar-refractivity contribution in [3.05, 3.63) is 11.6 Å². The van der Waals surface area contributed by atoms with Crippen molar-refractivity contribution in [1.29, 1.82) is 0 Å². The number of hydrogen-bond acceptors (Lipinski definition) is 5. The third kappa shape index (κ3) is 4.15. The van der Waals surface area contributed by atoms with Crippen LogP contribution in [-0.2, 0) is 23.9 Å². The quantitative estimate of drug-likeness (QED) is 0.353. The van der Waals surface area contributed by atoms with Crippen molar-refractivity contribution in [1.82, 2.24) is 0 Å². The SMILES string of the molecule is COC(=O)CCC(=O)[C@H]1CC[C@]2(C)[C@H]3C(=O)C=C4[C@@H]5C[C@@](C)(C(=O)O)CC[C@]5(C)CC[C@@]4(C)[C@]3(C)CC[C@H]2C1(C)C. The minimum atomic E-state index is -0.753. The summed E-state index contributed by atoms with van der Waals surface area (Å²) in [6, 6.07) is 0. The zero-order valence-electron chi connectivity index (χ0n) is 26.7. The Bertz CT molecular complexity index is 1200. The Morgan fingerprint density at radius 2 is 1.56 bits per heavy atom. The Morgan fingerprint density at radius 3 is 2.20 bits per heavy atom. The van der Waals surface area contributed by atoms with Gasteiger partial charge in [-0.1, -0.05) is 47.1 Å². The fourth-order valence-corrected chi connectivity index (χ4v) is 11.5. The lowest BCUT2D eigenvalue weighted by atomic mass is 9.33. The zero-order valence-corrected chi connectivity index (χ0v) is 26.7. The maximum Gasteiger partial charge on any atom is 0.309 e. The number of carboxylic acids is 1. The van der Waals surface area contributed by atoms with Gasteiger partial charge in [-0.15, -0.1) is 0 Å². The summed E-state index contributed by atoms with van der Waals surface area (Å²) in [6.45, 7) is 15.7. The van der Waals surface area contributed by atoms with E-state index >= 15 is 0 Å². The van der Waals surface area contributed by atoms with Crippen LogP contribution < -0.4 is 0 Å². The summed E-state index contributed by atoms with van der Waals surface area (Å²) in [6.07, 6.45) is 10.1. The smallest absolute Gasteiger partial charge is 0.309 e. The molecule has 0 unspecified atom stereocenters. The molecule has 0 bridgehead atoms. The number of rotatable bonds is 5. The summed E-state index contributed by atoms with van der Waals surface area (Å²) >= 11 is 0. The highest BCUT2D eigenvalue weighted by atomic mass is 16.5. The lowest BCUT2D eigenvalue weighted by molar-refractivity contribution is -0.194. The van der Waals surface area contributed by atoms with Crippen LogP contribution in [0.25, 0.3) is 0 Å². The second kappa shape index (κ2) is 9.51. The summed E-state index contributed by atoms with van der Waals surface area (Å²) in [5.41, 5.74) is -0.347. The van der Waals surface area contributed by atoms with E-state index in [1.807, 2.05) is 13.0 Å². The van der Waals surface area contributed by atoms with Crippen molar-refractivity contribution >= 4 is 23.5 Å². The number of carbonyl (C=O) groups is 4. The number of ether oxygens (including phenoxy) is 1. The Hall–Kier alpha value is -1.98. The molecule has 0 saturated heterocycles. The van der Waals surface area contributed by atoms with Gasteiger partial charge < -0.3 is 9.84 Å². The maximum absolute atomic E-state index is 14.5. The Morgan fingerprint density at radius 1 is 0.902 bits per heavy atom. The van der Waals surface area contributed by atoms with Gasteiger partial charge in [0.15, 0.2) is 5.78 Å². The topological polar surface area (TPSA) is 97.7 Å². The van der Waals surface area contributed by atoms with Crippen LogP contribution in [0.4, 0.5) is 0 Å². The molecular formula is C35H52O6. The molecule has 41 heavy (non-hydrogen) atoms. The number of aliphatic carboxylic acids is 1. The number of hydrogen-bond donors (Lipinski definition) is 1. The average Bonchev–Trinajstić information content (AvgIpc) is 2.88. The van der Waals surface area contributed by atoms with Crippen LogP contribution >= 0.6 is 0 Å². The molecule has 0 aliphatic heterocycles. The lowest BCUT2D eigenvalue weighted by Gasteiger charge is -2.70. The van der Waals surface area contributed by atoms with E-state index in [2.05, 4.69) is 41.5 Å². The molecule has 4 fully saturated rings. The minimum absolute atomic E-state index is 0.0372. The third-order valence-corrected chi connectivity index (χ3v) is 14.3. The van der Waals surface area contributed by atoms with Gasteiger partial charge in [0.1, 0.15) is 5.78 Å². The molecule has 4 saturated carbocycles. The first-order chi connectivity index (χ1) is 18.9. The van der Waals surface area contributed by atoms with E-state index in [1.165, 1.54) is 12.7 Å². The first-order valence-electron chi connectivity index (χ1n) is 16.0. The first-order valence-corrected chi connectivity index (χ1v) is 16.0. The van der Waals surface area contributed by atoms with Gasteiger partial charge in [-0.05, 0) is 110 Å². The number of methoxy groups -OCH3 is 1. The highest BCUT2D eigenvalue weighted by Crippen LogP contribution is 2.75. The first kappa shape index (κ1) is 30.5. The molecule has 0 amide bonds. The number of esters is 1.